The molecule has 0 bridgehead atoms. The molecule has 86 valence electrons. The molecule has 0 amide bonds. The molecule has 0 saturated heterocycles. The Hall–Kier alpha value is 0.0649. The van der Waals surface area contributed by atoms with Gasteiger partial charge in [0.25, 0.3) is 0 Å². The quantitative estimate of drug-likeness (QED) is 0.564. The van der Waals surface area contributed by atoms with Gasteiger partial charge in [-0.15, -0.1) is 0 Å². The van der Waals surface area contributed by atoms with E-state index in [2.05, 4.69) is 13.8 Å². The molecule has 1 rings (SSSR count). The van der Waals surface area contributed by atoms with Crippen molar-refractivity contribution in [1.29, 1.82) is 0 Å². The van der Waals surface area contributed by atoms with E-state index in [1.807, 2.05) is 0 Å². The largest absolute Gasteiger partial charge is 0.0749 e. The molecule has 1 aliphatic rings. The highest BCUT2D eigenvalue weighted by Crippen LogP contribution is 2.44. The van der Waals surface area contributed by atoms with Crippen molar-refractivity contribution in [3.8, 4) is 0 Å². The Morgan fingerprint density at radius 2 is 1.33 bits per heavy atom. The van der Waals surface area contributed by atoms with Gasteiger partial charge in [0.05, 0.1) is 7.85 Å². The first-order valence-corrected chi connectivity index (χ1v) is 6.98. The molecule has 2 radical (unpaired) electrons. The predicted molar refractivity (Wildman–Crippen MR) is 69.5 cm³/mol. The van der Waals surface area contributed by atoms with Gasteiger partial charge < -0.3 is 0 Å². The van der Waals surface area contributed by atoms with Gasteiger partial charge in [0.1, 0.15) is 0 Å². The molecule has 0 spiro atoms. The lowest BCUT2D eigenvalue weighted by Gasteiger charge is -2.37. The predicted octanol–water partition coefficient (Wildman–Crippen LogP) is 4.88. The minimum atomic E-state index is 0.145. The second-order valence-electron chi connectivity index (χ2n) is 5.52. The SMILES string of the molecule is [B]C1(C(C)CC)CCCCCCCCC1. The van der Waals surface area contributed by atoms with E-state index in [1.165, 1.54) is 64.2 Å². The maximum atomic E-state index is 6.60. The lowest BCUT2D eigenvalue weighted by atomic mass is 9.55. The van der Waals surface area contributed by atoms with Gasteiger partial charge in [0, 0.05) is 0 Å². The molecule has 0 N–H and O–H groups in total. The molecule has 1 unspecified atom stereocenters. The van der Waals surface area contributed by atoms with E-state index in [0.29, 0.717) is 5.92 Å². The third-order valence-electron chi connectivity index (χ3n) is 4.38. The first kappa shape index (κ1) is 13.1. The molecule has 0 aromatic heterocycles. The Labute approximate surface area is 97.6 Å². The summed E-state index contributed by atoms with van der Waals surface area (Å²) in [5, 5.41) is 0.145. The van der Waals surface area contributed by atoms with Crippen molar-refractivity contribution in [2.24, 2.45) is 5.92 Å². The molecular weight excluding hydrogens is 179 g/mol. The maximum Gasteiger partial charge on any atom is 0.0749 e. The highest BCUT2D eigenvalue weighted by Gasteiger charge is 2.28. The highest BCUT2D eigenvalue weighted by atomic mass is 14.3. The summed E-state index contributed by atoms with van der Waals surface area (Å²) in [6.07, 6.45) is 13.5. The number of hydrogen-bond acceptors (Lipinski definition) is 0. The van der Waals surface area contributed by atoms with Crippen molar-refractivity contribution >= 4 is 7.85 Å². The van der Waals surface area contributed by atoms with E-state index < -0.39 is 0 Å². The fraction of sp³-hybridized carbons (Fsp3) is 1.00. The first-order chi connectivity index (χ1) is 7.19. The van der Waals surface area contributed by atoms with Gasteiger partial charge in [-0.05, 0) is 5.92 Å². The van der Waals surface area contributed by atoms with Crippen molar-refractivity contribution in [3.05, 3.63) is 0 Å². The van der Waals surface area contributed by atoms with Crippen LogP contribution in [0.1, 0.15) is 78.1 Å². The zero-order valence-corrected chi connectivity index (χ0v) is 10.7. The van der Waals surface area contributed by atoms with Crippen molar-refractivity contribution in [2.45, 2.75) is 83.4 Å². The molecule has 1 atom stereocenters. The summed E-state index contributed by atoms with van der Waals surface area (Å²) < 4.78 is 0. The maximum absolute atomic E-state index is 6.60. The van der Waals surface area contributed by atoms with Crippen molar-refractivity contribution < 1.29 is 0 Å². The van der Waals surface area contributed by atoms with Crippen LogP contribution in [0, 0.1) is 5.92 Å². The van der Waals surface area contributed by atoms with E-state index in [4.69, 9.17) is 7.85 Å². The zero-order chi connectivity index (χ0) is 11.1. The van der Waals surface area contributed by atoms with E-state index in [-0.39, 0.29) is 5.31 Å². The summed E-state index contributed by atoms with van der Waals surface area (Å²) in [6, 6.07) is 0. The monoisotopic (exact) mass is 206 g/mol. The van der Waals surface area contributed by atoms with Gasteiger partial charge in [-0.3, -0.25) is 0 Å². The minimum absolute atomic E-state index is 0.145. The Morgan fingerprint density at radius 1 is 0.933 bits per heavy atom. The average molecular weight is 206 g/mol. The summed E-state index contributed by atoms with van der Waals surface area (Å²) in [5.41, 5.74) is 0. The summed E-state index contributed by atoms with van der Waals surface area (Å²) in [6.45, 7) is 4.61. The molecule has 0 aliphatic heterocycles. The van der Waals surface area contributed by atoms with Crippen LogP contribution in [-0.2, 0) is 0 Å². The van der Waals surface area contributed by atoms with E-state index in [0.717, 1.165) is 0 Å². The van der Waals surface area contributed by atoms with E-state index >= 15 is 0 Å². The van der Waals surface area contributed by atoms with Crippen LogP contribution in [0.15, 0.2) is 0 Å². The standard InChI is InChI=1S/C14H27B/c1-3-13(2)14(15)11-9-7-5-4-6-8-10-12-14/h13H,3-12H2,1-2H3. The molecule has 0 aromatic rings. The Balaban J connectivity index is 2.49. The Kier molecular flexibility index (Phi) is 5.78. The molecule has 1 heteroatoms. The van der Waals surface area contributed by atoms with Gasteiger partial charge in [0.2, 0.25) is 0 Å². The smallest absolute Gasteiger partial charge is 0.0651 e. The molecular formula is C14H27B. The molecule has 1 saturated carbocycles. The van der Waals surface area contributed by atoms with Crippen LogP contribution in [0.5, 0.6) is 0 Å². The summed E-state index contributed by atoms with van der Waals surface area (Å²) in [4.78, 5) is 0. The molecule has 0 heterocycles. The molecule has 1 fully saturated rings. The second-order valence-corrected chi connectivity index (χ2v) is 5.52. The minimum Gasteiger partial charge on any atom is -0.0651 e. The van der Waals surface area contributed by atoms with Crippen molar-refractivity contribution in [2.75, 3.05) is 0 Å². The van der Waals surface area contributed by atoms with E-state index in [9.17, 15) is 0 Å². The van der Waals surface area contributed by atoms with Crippen molar-refractivity contribution in [3.63, 3.8) is 0 Å². The van der Waals surface area contributed by atoms with Crippen LogP contribution in [0.25, 0.3) is 0 Å². The summed E-state index contributed by atoms with van der Waals surface area (Å²) in [5.74, 6) is 0.692. The van der Waals surface area contributed by atoms with Crippen LogP contribution in [-0.4, -0.2) is 7.85 Å². The lowest BCUT2D eigenvalue weighted by molar-refractivity contribution is 0.303. The van der Waals surface area contributed by atoms with Crippen molar-refractivity contribution in [1.82, 2.24) is 0 Å². The van der Waals surface area contributed by atoms with Gasteiger partial charge in [0.15, 0.2) is 0 Å². The molecule has 15 heavy (non-hydrogen) atoms. The van der Waals surface area contributed by atoms with Gasteiger partial charge >= 0.3 is 0 Å². The fourth-order valence-electron chi connectivity index (χ4n) is 2.82. The van der Waals surface area contributed by atoms with E-state index in [1.54, 1.807) is 0 Å². The fourth-order valence-corrected chi connectivity index (χ4v) is 2.82. The van der Waals surface area contributed by atoms with Crippen LogP contribution >= 0.6 is 0 Å². The molecule has 1 aliphatic carbocycles. The van der Waals surface area contributed by atoms with Gasteiger partial charge in [-0.25, -0.2) is 0 Å². The third-order valence-corrected chi connectivity index (χ3v) is 4.38. The number of hydrogen-bond donors (Lipinski definition) is 0. The highest BCUT2D eigenvalue weighted by molar-refractivity contribution is 6.15. The van der Waals surface area contributed by atoms with Gasteiger partial charge in [-0.1, -0.05) is 83.4 Å². The summed E-state index contributed by atoms with van der Waals surface area (Å²) >= 11 is 0. The van der Waals surface area contributed by atoms with Crippen LogP contribution in [0.2, 0.25) is 5.31 Å². The third kappa shape index (κ3) is 4.21. The second kappa shape index (κ2) is 6.61. The normalized spacial score (nSPS) is 25.7. The lowest BCUT2D eigenvalue weighted by Crippen LogP contribution is -2.22. The number of rotatable bonds is 2. The van der Waals surface area contributed by atoms with Crippen LogP contribution in [0.3, 0.4) is 0 Å². The first-order valence-electron chi connectivity index (χ1n) is 6.98. The Bertz CT molecular complexity index is 155. The van der Waals surface area contributed by atoms with Crippen LogP contribution in [0.4, 0.5) is 0 Å². The average Bonchev–Trinajstić information content (AvgIpc) is 2.26. The molecule has 0 nitrogen and oxygen atoms in total. The zero-order valence-electron chi connectivity index (χ0n) is 10.7. The molecule has 0 aromatic carbocycles. The van der Waals surface area contributed by atoms with Gasteiger partial charge in [-0.2, -0.15) is 0 Å². The summed E-state index contributed by atoms with van der Waals surface area (Å²) in [7, 11) is 6.60. The topological polar surface area (TPSA) is 0 Å². The Morgan fingerprint density at radius 3 is 1.73 bits per heavy atom. The van der Waals surface area contributed by atoms with Crippen LogP contribution < -0.4 is 0 Å².